The smallest absolute Gasteiger partial charge is 0.119 e. The average molecular weight is 205 g/mol. The molecule has 0 radical (unpaired) electrons. The summed E-state index contributed by atoms with van der Waals surface area (Å²) in [7, 11) is -1.91. The van der Waals surface area contributed by atoms with Crippen molar-refractivity contribution in [3.05, 3.63) is 12.2 Å². The van der Waals surface area contributed by atoms with Crippen LogP contribution in [-0.4, -0.2) is 13.2 Å². The van der Waals surface area contributed by atoms with Gasteiger partial charge in [-0.2, -0.15) is 0 Å². The molecule has 3 nitrogen and oxygen atoms in total. The average Bonchev–Trinajstić information content (AvgIpc) is 2.13. The molecular formula is C9H18O3P+. The largest absolute Gasteiger partial charge is 0.697 e. The molecule has 13 heavy (non-hydrogen) atoms. The Morgan fingerprint density at radius 1 is 1.31 bits per heavy atom. The standard InChI is InChI=1S/C9H18O3P/c1-3-5-7-9-12-13(10)11-8-6-4-2/h4,6H,3,5,7-9H2,1-2H3/q+1. The zero-order chi connectivity index (χ0) is 9.94. The summed E-state index contributed by atoms with van der Waals surface area (Å²) in [6.45, 7) is 4.89. The summed E-state index contributed by atoms with van der Waals surface area (Å²) in [4.78, 5) is 0. The molecule has 0 aromatic heterocycles. The van der Waals surface area contributed by atoms with Crippen LogP contribution in [0.3, 0.4) is 0 Å². The second-order valence-electron chi connectivity index (χ2n) is 2.63. The van der Waals surface area contributed by atoms with Gasteiger partial charge in [0, 0.05) is 4.57 Å². The molecule has 0 saturated heterocycles. The first-order valence-electron chi connectivity index (χ1n) is 4.65. The van der Waals surface area contributed by atoms with Gasteiger partial charge in [-0.15, -0.1) is 9.05 Å². The highest BCUT2D eigenvalue weighted by atomic mass is 31.1. The van der Waals surface area contributed by atoms with Gasteiger partial charge < -0.3 is 0 Å². The topological polar surface area (TPSA) is 35.5 Å². The van der Waals surface area contributed by atoms with Gasteiger partial charge in [0.25, 0.3) is 0 Å². The Kier molecular flexibility index (Phi) is 9.66. The molecule has 0 rings (SSSR count). The summed E-state index contributed by atoms with van der Waals surface area (Å²) in [5, 5.41) is 0. The summed E-state index contributed by atoms with van der Waals surface area (Å²) < 4.78 is 20.8. The van der Waals surface area contributed by atoms with Crippen molar-refractivity contribution in [1.29, 1.82) is 0 Å². The summed E-state index contributed by atoms with van der Waals surface area (Å²) >= 11 is 0. The predicted molar refractivity (Wildman–Crippen MR) is 53.8 cm³/mol. The Labute approximate surface area is 81.1 Å². The normalized spacial score (nSPS) is 12.3. The van der Waals surface area contributed by atoms with Crippen LogP contribution < -0.4 is 0 Å². The third-order valence-electron chi connectivity index (χ3n) is 1.46. The number of rotatable bonds is 8. The first-order chi connectivity index (χ1) is 6.31. The van der Waals surface area contributed by atoms with Crippen LogP contribution in [0.25, 0.3) is 0 Å². The van der Waals surface area contributed by atoms with E-state index in [4.69, 9.17) is 9.05 Å². The Hall–Kier alpha value is -0.240. The number of allylic oxidation sites excluding steroid dienone is 1. The van der Waals surface area contributed by atoms with Gasteiger partial charge in [-0.3, -0.25) is 0 Å². The highest BCUT2D eigenvalue weighted by Crippen LogP contribution is 2.23. The van der Waals surface area contributed by atoms with Gasteiger partial charge >= 0.3 is 8.25 Å². The molecular weight excluding hydrogens is 187 g/mol. The van der Waals surface area contributed by atoms with E-state index in [1.54, 1.807) is 6.08 Å². The fraction of sp³-hybridized carbons (Fsp3) is 0.778. The summed E-state index contributed by atoms with van der Waals surface area (Å²) in [5.41, 5.74) is 0. The molecule has 0 N–H and O–H groups in total. The van der Waals surface area contributed by atoms with E-state index in [-0.39, 0.29) is 0 Å². The fourth-order valence-corrected chi connectivity index (χ4v) is 1.29. The van der Waals surface area contributed by atoms with Crippen molar-refractivity contribution in [2.24, 2.45) is 0 Å². The maximum Gasteiger partial charge on any atom is 0.697 e. The lowest BCUT2D eigenvalue weighted by atomic mass is 10.3. The molecule has 0 amide bonds. The van der Waals surface area contributed by atoms with Gasteiger partial charge in [0.2, 0.25) is 0 Å². The van der Waals surface area contributed by atoms with E-state index >= 15 is 0 Å². The van der Waals surface area contributed by atoms with Crippen molar-refractivity contribution >= 4 is 8.25 Å². The van der Waals surface area contributed by atoms with Crippen molar-refractivity contribution < 1.29 is 13.6 Å². The second kappa shape index (κ2) is 9.85. The molecule has 0 aliphatic heterocycles. The first kappa shape index (κ1) is 12.8. The van der Waals surface area contributed by atoms with Crippen molar-refractivity contribution in [2.75, 3.05) is 13.2 Å². The molecule has 0 aromatic rings. The van der Waals surface area contributed by atoms with Crippen molar-refractivity contribution in [1.82, 2.24) is 0 Å². The minimum absolute atomic E-state index is 0.361. The fourth-order valence-electron chi connectivity index (χ4n) is 0.729. The van der Waals surface area contributed by atoms with E-state index in [2.05, 4.69) is 6.92 Å². The molecule has 0 aromatic carbocycles. The molecule has 0 saturated carbocycles. The third-order valence-corrected chi connectivity index (χ3v) is 2.21. The highest BCUT2D eigenvalue weighted by molar-refractivity contribution is 7.33. The number of hydrogen-bond donors (Lipinski definition) is 0. The van der Waals surface area contributed by atoms with E-state index in [1.165, 1.54) is 0 Å². The Bertz CT molecular complexity index is 157. The van der Waals surface area contributed by atoms with Crippen molar-refractivity contribution in [2.45, 2.75) is 33.1 Å². The molecule has 0 heterocycles. The van der Waals surface area contributed by atoms with Gasteiger partial charge in [-0.1, -0.05) is 31.9 Å². The summed E-state index contributed by atoms with van der Waals surface area (Å²) in [6, 6.07) is 0. The molecule has 0 aliphatic rings. The Balaban J connectivity index is 3.20. The van der Waals surface area contributed by atoms with Gasteiger partial charge in [-0.25, -0.2) is 0 Å². The Morgan fingerprint density at radius 3 is 2.69 bits per heavy atom. The zero-order valence-electron chi connectivity index (χ0n) is 8.36. The summed E-state index contributed by atoms with van der Waals surface area (Å²) in [6.07, 6.45) is 6.84. The van der Waals surface area contributed by atoms with Gasteiger partial charge in [0.1, 0.15) is 13.2 Å². The molecule has 0 bridgehead atoms. The zero-order valence-corrected chi connectivity index (χ0v) is 9.26. The van der Waals surface area contributed by atoms with Crippen LogP contribution in [0.2, 0.25) is 0 Å². The maximum atomic E-state index is 11.0. The monoisotopic (exact) mass is 205 g/mol. The van der Waals surface area contributed by atoms with Gasteiger partial charge in [0.05, 0.1) is 0 Å². The van der Waals surface area contributed by atoms with Crippen LogP contribution in [0.4, 0.5) is 0 Å². The van der Waals surface area contributed by atoms with Crippen LogP contribution in [-0.2, 0) is 13.6 Å². The lowest BCUT2D eigenvalue weighted by molar-refractivity contribution is 0.237. The van der Waals surface area contributed by atoms with Crippen LogP contribution in [0.15, 0.2) is 12.2 Å². The second-order valence-corrected chi connectivity index (χ2v) is 3.59. The number of unbranched alkanes of at least 4 members (excludes halogenated alkanes) is 2. The predicted octanol–water partition coefficient (Wildman–Crippen LogP) is 3.44. The minimum atomic E-state index is -1.91. The molecule has 0 spiro atoms. The third kappa shape index (κ3) is 9.68. The summed E-state index contributed by atoms with van der Waals surface area (Å²) in [5.74, 6) is 0. The first-order valence-corrected chi connectivity index (χ1v) is 5.75. The van der Waals surface area contributed by atoms with Gasteiger partial charge in [0.15, 0.2) is 0 Å². The lowest BCUT2D eigenvalue weighted by Gasteiger charge is -1.90. The van der Waals surface area contributed by atoms with E-state index in [1.807, 2.05) is 13.0 Å². The van der Waals surface area contributed by atoms with Crippen LogP contribution in [0.1, 0.15) is 33.1 Å². The van der Waals surface area contributed by atoms with Gasteiger partial charge in [-0.05, 0) is 13.3 Å². The molecule has 76 valence electrons. The van der Waals surface area contributed by atoms with Crippen molar-refractivity contribution in [3.63, 3.8) is 0 Å². The van der Waals surface area contributed by atoms with E-state index < -0.39 is 8.25 Å². The maximum absolute atomic E-state index is 11.0. The van der Waals surface area contributed by atoms with E-state index in [0.717, 1.165) is 19.3 Å². The van der Waals surface area contributed by atoms with Crippen LogP contribution in [0.5, 0.6) is 0 Å². The molecule has 1 atom stereocenters. The number of hydrogen-bond acceptors (Lipinski definition) is 3. The van der Waals surface area contributed by atoms with Crippen LogP contribution >= 0.6 is 8.25 Å². The molecule has 0 aliphatic carbocycles. The van der Waals surface area contributed by atoms with Crippen molar-refractivity contribution in [3.8, 4) is 0 Å². The minimum Gasteiger partial charge on any atom is -0.119 e. The van der Waals surface area contributed by atoms with Crippen LogP contribution in [0, 0.1) is 0 Å². The lowest BCUT2D eigenvalue weighted by Crippen LogP contribution is -1.89. The molecule has 0 fully saturated rings. The Morgan fingerprint density at radius 2 is 2.08 bits per heavy atom. The van der Waals surface area contributed by atoms with E-state index in [0.29, 0.717) is 13.2 Å². The van der Waals surface area contributed by atoms with E-state index in [9.17, 15) is 4.57 Å². The quantitative estimate of drug-likeness (QED) is 0.346. The SMILES string of the molecule is CC=CCO[P+](=O)OCCCCC. The molecule has 1 unspecified atom stereocenters. The molecule has 4 heteroatoms. The highest BCUT2D eigenvalue weighted by Gasteiger charge is 2.17.